The molecule has 1 aromatic carbocycles. The van der Waals surface area contributed by atoms with Crippen molar-refractivity contribution in [2.24, 2.45) is 17.0 Å². The van der Waals surface area contributed by atoms with E-state index in [9.17, 15) is 33.5 Å². The van der Waals surface area contributed by atoms with Gasteiger partial charge in [-0.1, -0.05) is 19.1 Å². The molecule has 194 valence electrons. The van der Waals surface area contributed by atoms with Crippen molar-refractivity contribution in [2.45, 2.75) is 50.3 Å². The first-order valence-corrected chi connectivity index (χ1v) is 14.0. The number of carboxylic acids is 1. The summed E-state index contributed by atoms with van der Waals surface area (Å²) in [6, 6.07) is 8.68. The number of amides is 1. The molecule has 2 fully saturated rings. The molecule has 0 unspecified atom stereocenters. The molecule has 3 aliphatic rings. The topological polar surface area (TPSA) is 177 Å². The lowest BCUT2D eigenvalue weighted by molar-refractivity contribution is -0.163. The normalized spacial score (nSPS) is 29.1. The maximum Gasteiger partial charge on any atom is 0.353 e. The first kappa shape index (κ1) is 26.6. The van der Waals surface area contributed by atoms with Crippen LogP contribution in [-0.2, 0) is 26.3 Å². The Balaban J connectivity index is 1.56. The number of aliphatic carboxylic acids is 1. The number of likely N-dealkylation sites (tertiary alicyclic amines) is 1. The molecule has 0 radical (unpaired) electrons. The molecule has 1 amide bonds. The zero-order valence-corrected chi connectivity index (χ0v) is 21.5. The SMILES string of the molecule is C[C@@H](O)[C@H]1C(=O)N2C(C(=O)O)=C(S[C@H]3C[C@@H](CNS(N)(=O)=O)N(Cc4cccc(C#N)c4)C3)[C@H](C)[C@H]12. The van der Waals surface area contributed by atoms with Crippen molar-refractivity contribution in [3.8, 4) is 6.07 Å². The Bertz CT molecular complexity index is 1240. The molecule has 36 heavy (non-hydrogen) atoms. The van der Waals surface area contributed by atoms with Crippen LogP contribution in [-0.4, -0.2) is 76.8 Å². The third kappa shape index (κ3) is 5.15. The predicted octanol–water partition coefficient (Wildman–Crippen LogP) is 0.181. The molecule has 0 aromatic heterocycles. The molecule has 3 aliphatic heterocycles. The number of carboxylic acid groups (broad SMARTS) is 1. The van der Waals surface area contributed by atoms with E-state index in [1.165, 1.54) is 23.6 Å². The minimum atomic E-state index is -3.90. The van der Waals surface area contributed by atoms with Crippen LogP contribution in [0.15, 0.2) is 34.9 Å². The van der Waals surface area contributed by atoms with Crippen LogP contribution in [0.2, 0.25) is 0 Å². The summed E-state index contributed by atoms with van der Waals surface area (Å²) < 4.78 is 25.4. The third-order valence-corrected chi connectivity index (χ3v) is 9.12. The predicted molar refractivity (Wildman–Crippen MR) is 132 cm³/mol. The van der Waals surface area contributed by atoms with E-state index < -0.39 is 34.2 Å². The van der Waals surface area contributed by atoms with Crippen LogP contribution in [0.25, 0.3) is 0 Å². The summed E-state index contributed by atoms with van der Waals surface area (Å²) in [5, 5.41) is 34.3. The number of nitrogens with two attached hydrogens (primary N) is 1. The molecular weight excluding hydrogens is 506 g/mol. The largest absolute Gasteiger partial charge is 0.477 e. The van der Waals surface area contributed by atoms with E-state index in [-0.39, 0.29) is 35.4 Å². The van der Waals surface area contributed by atoms with E-state index in [1.807, 2.05) is 13.0 Å². The summed E-state index contributed by atoms with van der Waals surface area (Å²) >= 11 is 1.40. The van der Waals surface area contributed by atoms with Crippen molar-refractivity contribution in [3.05, 3.63) is 46.0 Å². The highest BCUT2D eigenvalue weighted by Gasteiger charge is 2.60. The van der Waals surface area contributed by atoms with Crippen molar-refractivity contribution in [1.82, 2.24) is 14.5 Å². The molecule has 3 heterocycles. The second kappa shape index (κ2) is 10.1. The number of nitriles is 1. The standard InChI is InChI=1S/C23H29N5O6S2/c1-12-19-18(13(2)29)22(30)28(19)20(23(31)32)21(12)35-17-7-16(9-26-36(25,33)34)27(11-17)10-15-5-3-4-14(6-15)8-24/h3-6,12-13,16-19,26,29H,7,9-11H2,1-2H3,(H,31,32)(H2,25,33,34)/t12-,13-,16+,17+,18-,19-/m1/s1. The van der Waals surface area contributed by atoms with Gasteiger partial charge in [0.1, 0.15) is 5.70 Å². The van der Waals surface area contributed by atoms with E-state index >= 15 is 0 Å². The molecule has 0 aliphatic carbocycles. The monoisotopic (exact) mass is 535 g/mol. The summed E-state index contributed by atoms with van der Waals surface area (Å²) in [6.45, 7) is 4.52. The number of hydrogen-bond donors (Lipinski definition) is 4. The quantitative estimate of drug-likeness (QED) is 0.321. The number of fused-ring (bicyclic) bond motifs is 1. The number of benzene rings is 1. The molecule has 6 atom stereocenters. The Kier molecular flexibility index (Phi) is 7.47. The number of β-lactam (4-membered cyclic amide) rings is 1. The van der Waals surface area contributed by atoms with E-state index in [4.69, 9.17) is 5.14 Å². The van der Waals surface area contributed by atoms with Gasteiger partial charge in [-0.15, -0.1) is 11.8 Å². The Morgan fingerprint density at radius 3 is 2.75 bits per heavy atom. The van der Waals surface area contributed by atoms with Crippen LogP contribution in [0, 0.1) is 23.2 Å². The highest BCUT2D eigenvalue weighted by atomic mass is 32.2. The van der Waals surface area contributed by atoms with Gasteiger partial charge in [0.15, 0.2) is 0 Å². The highest BCUT2D eigenvalue weighted by molar-refractivity contribution is 8.03. The smallest absolute Gasteiger partial charge is 0.353 e. The van der Waals surface area contributed by atoms with E-state index in [2.05, 4.69) is 15.7 Å². The summed E-state index contributed by atoms with van der Waals surface area (Å²) in [5.41, 5.74) is 1.39. The number of carbonyl (C=O) groups is 2. The summed E-state index contributed by atoms with van der Waals surface area (Å²) in [7, 11) is -3.90. The van der Waals surface area contributed by atoms with Gasteiger partial charge in [-0.2, -0.15) is 13.7 Å². The second-order valence-corrected chi connectivity index (χ2v) is 12.3. The van der Waals surface area contributed by atoms with Crippen LogP contribution in [0.3, 0.4) is 0 Å². The number of hydrogen-bond acceptors (Lipinski definition) is 8. The Labute approximate surface area is 214 Å². The van der Waals surface area contributed by atoms with Crippen LogP contribution in [0.5, 0.6) is 0 Å². The van der Waals surface area contributed by atoms with Crippen molar-refractivity contribution >= 4 is 33.8 Å². The minimum Gasteiger partial charge on any atom is -0.477 e. The van der Waals surface area contributed by atoms with Gasteiger partial charge >= 0.3 is 5.97 Å². The van der Waals surface area contributed by atoms with Gasteiger partial charge in [-0.3, -0.25) is 9.69 Å². The molecule has 1 aromatic rings. The number of rotatable bonds is 9. The number of thioether (sulfide) groups is 1. The average Bonchev–Trinajstić information content (AvgIpc) is 3.28. The summed E-state index contributed by atoms with van der Waals surface area (Å²) in [5.74, 6) is -2.44. The van der Waals surface area contributed by atoms with Gasteiger partial charge in [0.05, 0.1) is 29.7 Å². The van der Waals surface area contributed by atoms with Gasteiger partial charge < -0.3 is 15.1 Å². The molecule has 11 nitrogen and oxygen atoms in total. The number of aliphatic hydroxyl groups is 1. The maximum atomic E-state index is 12.6. The van der Waals surface area contributed by atoms with E-state index in [1.54, 1.807) is 18.2 Å². The van der Waals surface area contributed by atoms with Crippen LogP contribution < -0.4 is 9.86 Å². The number of nitrogens with zero attached hydrogens (tertiary/aromatic N) is 3. The lowest BCUT2D eigenvalue weighted by atomic mass is 9.79. The number of carbonyl (C=O) groups excluding carboxylic acids is 1. The lowest BCUT2D eigenvalue weighted by Crippen LogP contribution is -2.63. The molecule has 0 saturated carbocycles. The van der Waals surface area contributed by atoms with Crippen molar-refractivity contribution in [2.75, 3.05) is 13.1 Å². The Morgan fingerprint density at radius 2 is 2.14 bits per heavy atom. The lowest BCUT2D eigenvalue weighted by Gasteiger charge is -2.46. The van der Waals surface area contributed by atoms with E-state index in [0.29, 0.717) is 30.0 Å². The molecule has 13 heteroatoms. The fraction of sp³-hybridized carbons (Fsp3) is 0.522. The van der Waals surface area contributed by atoms with Crippen LogP contribution >= 0.6 is 11.8 Å². The van der Waals surface area contributed by atoms with E-state index in [0.717, 1.165) is 5.56 Å². The average molecular weight is 536 g/mol. The Morgan fingerprint density at radius 1 is 1.42 bits per heavy atom. The van der Waals surface area contributed by atoms with Crippen LogP contribution in [0.1, 0.15) is 31.4 Å². The summed E-state index contributed by atoms with van der Waals surface area (Å²) in [6.07, 6.45) is -0.312. The molecule has 2 saturated heterocycles. The third-order valence-electron chi connectivity index (χ3n) is 7.06. The van der Waals surface area contributed by atoms with Crippen LogP contribution in [0.4, 0.5) is 0 Å². The molecule has 5 N–H and O–H groups in total. The van der Waals surface area contributed by atoms with Gasteiger partial charge in [0, 0.05) is 41.7 Å². The molecule has 0 spiro atoms. The first-order valence-electron chi connectivity index (χ1n) is 11.6. The van der Waals surface area contributed by atoms with Gasteiger partial charge in [0.25, 0.3) is 10.2 Å². The zero-order valence-electron chi connectivity index (χ0n) is 19.9. The van der Waals surface area contributed by atoms with Crippen molar-refractivity contribution < 1.29 is 28.2 Å². The van der Waals surface area contributed by atoms with Gasteiger partial charge in [-0.25, -0.2) is 14.7 Å². The highest BCUT2D eigenvalue weighted by Crippen LogP contribution is 2.52. The second-order valence-electron chi connectivity index (χ2n) is 9.54. The van der Waals surface area contributed by atoms with Crippen molar-refractivity contribution in [3.63, 3.8) is 0 Å². The Hall–Kier alpha value is -2.47. The first-order chi connectivity index (χ1) is 16.9. The molecule has 4 rings (SSSR count). The zero-order chi connectivity index (χ0) is 26.4. The minimum absolute atomic E-state index is 0.0289. The van der Waals surface area contributed by atoms with Gasteiger partial charge in [-0.05, 0) is 31.0 Å². The summed E-state index contributed by atoms with van der Waals surface area (Å²) in [4.78, 5) is 28.7. The van der Waals surface area contributed by atoms with Gasteiger partial charge in [0.2, 0.25) is 5.91 Å². The fourth-order valence-corrected chi connectivity index (χ4v) is 7.49. The fourth-order valence-electron chi connectivity index (χ4n) is 5.47. The molecule has 0 bridgehead atoms. The maximum absolute atomic E-state index is 12.6. The number of aliphatic hydroxyl groups excluding tert-OH is 1. The number of nitrogens with one attached hydrogen (secondary N) is 1. The molecular formula is C23H29N5O6S2. The van der Waals surface area contributed by atoms with Crippen molar-refractivity contribution in [1.29, 1.82) is 5.26 Å².